The van der Waals surface area contributed by atoms with Crippen molar-refractivity contribution in [3.05, 3.63) is 0 Å². The van der Waals surface area contributed by atoms with E-state index < -0.39 is 0 Å². The summed E-state index contributed by atoms with van der Waals surface area (Å²) in [6.07, 6.45) is 9.13. The zero-order valence-corrected chi connectivity index (χ0v) is 10.3. The summed E-state index contributed by atoms with van der Waals surface area (Å²) >= 11 is 0. The van der Waals surface area contributed by atoms with Gasteiger partial charge in [0.2, 0.25) is 5.91 Å². The summed E-state index contributed by atoms with van der Waals surface area (Å²) in [6, 6.07) is 0.976. The molecule has 0 aliphatic heterocycles. The lowest BCUT2D eigenvalue weighted by atomic mass is 9.84. The second-order valence-corrected chi connectivity index (χ2v) is 5.41. The predicted molar refractivity (Wildman–Crippen MR) is 65.2 cm³/mol. The van der Waals surface area contributed by atoms with Crippen LogP contribution in [-0.2, 0) is 4.79 Å². The molecule has 2 aliphatic rings. The van der Waals surface area contributed by atoms with Crippen molar-refractivity contribution in [3.63, 3.8) is 0 Å². The summed E-state index contributed by atoms with van der Waals surface area (Å²) in [6.45, 7) is 2.72. The van der Waals surface area contributed by atoms with Crippen molar-refractivity contribution in [2.75, 3.05) is 6.54 Å². The molecular formula is C13H24N2O. The van der Waals surface area contributed by atoms with Gasteiger partial charge in [-0.2, -0.15) is 0 Å². The van der Waals surface area contributed by atoms with Crippen LogP contribution >= 0.6 is 0 Å². The molecule has 92 valence electrons. The maximum atomic E-state index is 11.5. The highest BCUT2D eigenvalue weighted by Crippen LogP contribution is 2.26. The van der Waals surface area contributed by atoms with Crippen LogP contribution in [0, 0.1) is 5.92 Å². The van der Waals surface area contributed by atoms with Crippen LogP contribution in [0.1, 0.15) is 51.9 Å². The van der Waals surface area contributed by atoms with E-state index in [0.29, 0.717) is 18.6 Å². The van der Waals surface area contributed by atoms with Crippen LogP contribution in [0.2, 0.25) is 0 Å². The third-order valence-corrected chi connectivity index (χ3v) is 3.88. The van der Waals surface area contributed by atoms with Gasteiger partial charge >= 0.3 is 0 Å². The molecule has 0 aromatic rings. The van der Waals surface area contributed by atoms with Gasteiger partial charge in [0, 0.05) is 12.1 Å². The molecule has 0 radical (unpaired) electrons. The standard InChI is InChI=1S/C13H24N2O/c1-10(11-5-3-2-4-6-11)14-9-13(16)15-12-7-8-12/h10-12,14H,2-9H2,1H3,(H,15,16)/t10-/m1/s1. The first-order valence-electron chi connectivity index (χ1n) is 6.78. The molecule has 0 unspecified atom stereocenters. The minimum absolute atomic E-state index is 0.171. The quantitative estimate of drug-likeness (QED) is 0.748. The molecule has 1 amide bonds. The van der Waals surface area contributed by atoms with Gasteiger partial charge in [-0.05, 0) is 38.5 Å². The molecule has 0 heterocycles. The summed E-state index contributed by atoms with van der Waals surface area (Å²) < 4.78 is 0. The molecule has 1 atom stereocenters. The molecule has 2 aliphatic carbocycles. The minimum Gasteiger partial charge on any atom is -0.352 e. The molecule has 2 N–H and O–H groups in total. The van der Waals surface area contributed by atoms with Crippen molar-refractivity contribution >= 4 is 5.91 Å². The number of amides is 1. The molecule has 16 heavy (non-hydrogen) atoms. The second-order valence-electron chi connectivity index (χ2n) is 5.41. The summed E-state index contributed by atoms with van der Waals surface area (Å²) in [7, 11) is 0. The van der Waals surface area contributed by atoms with Gasteiger partial charge in [0.1, 0.15) is 0 Å². The van der Waals surface area contributed by atoms with E-state index in [1.807, 2.05) is 0 Å². The molecule has 2 rings (SSSR count). The van der Waals surface area contributed by atoms with Crippen molar-refractivity contribution in [1.82, 2.24) is 10.6 Å². The molecule has 0 saturated heterocycles. The largest absolute Gasteiger partial charge is 0.352 e. The molecule has 0 spiro atoms. The van der Waals surface area contributed by atoms with Crippen molar-refractivity contribution in [1.29, 1.82) is 0 Å². The van der Waals surface area contributed by atoms with Crippen LogP contribution in [-0.4, -0.2) is 24.5 Å². The molecule has 2 saturated carbocycles. The number of carbonyl (C=O) groups excluding carboxylic acids is 1. The van der Waals surface area contributed by atoms with Crippen LogP contribution in [0.4, 0.5) is 0 Å². The highest BCUT2D eigenvalue weighted by atomic mass is 16.2. The van der Waals surface area contributed by atoms with Gasteiger partial charge in [0.15, 0.2) is 0 Å². The highest BCUT2D eigenvalue weighted by molar-refractivity contribution is 5.78. The van der Waals surface area contributed by atoms with Gasteiger partial charge in [-0.15, -0.1) is 0 Å². The van der Waals surface area contributed by atoms with E-state index in [1.54, 1.807) is 0 Å². The fraction of sp³-hybridized carbons (Fsp3) is 0.923. The number of hydrogen-bond acceptors (Lipinski definition) is 2. The summed E-state index contributed by atoms with van der Waals surface area (Å²) in [5.41, 5.74) is 0. The van der Waals surface area contributed by atoms with Gasteiger partial charge in [-0.1, -0.05) is 19.3 Å². The molecule has 0 bridgehead atoms. The summed E-state index contributed by atoms with van der Waals surface area (Å²) in [5, 5.41) is 6.38. The Morgan fingerprint density at radius 2 is 1.88 bits per heavy atom. The number of carbonyl (C=O) groups is 1. The maximum Gasteiger partial charge on any atom is 0.234 e. The molecule has 0 aromatic carbocycles. The average Bonchev–Trinajstić information content (AvgIpc) is 3.11. The first kappa shape index (κ1) is 11.9. The maximum absolute atomic E-state index is 11.5. The predicted octanol–water partition coefficient (Wildman–Crippen LogP) is 1.82. The van der Waals surface area contributed by atoms with E-state index in [2.05, 4.69) is 17.6 Å². The van der Waals surface area contributed by atoms with Gasteiger partial charge in [0.25, 0.3) is 0 Å². The van der Waals surface area contributed by atoms with E-state index in [1.165, 1.54) is 44.9 Å². The lowest BCUT2D eigenvalue weighted by Crippen LogP contribution is -2.42. The third kappa shape index (κ3) is 3.78. The first-order chi connectivity index (χ1) is 7.75. The lowest BCUT2D eigenvalue weighted by Gasteiger charge is -2.28. The Morgan fingerprint density at radius 1 is 1.19 bits per heavy atom. The Balaban J connectivity index is 1.61. The fourth-order valence-electron chi connectivity index (χ4n) is 2.56. The first-order valence-corrected chi connectivity index (χ1v) is 6.78. The smallest absolute Gasteiger partial charge is 0.234 e. The van der Waals surface area contributed by atoms with Crippen LogP contribution in [0.3, 0.4) is 0 Å². The Bertz CT molecular complexity index is 232. The van der Waals surface area contributed by atoms with Crippen LogP contribution in [0.5, 0.6) is 0 Å². The summed E-state index contributed by atoms with van der Waals surface area (Å²) in [5.74, 6) is 0.952. The van der Waals surface area contributed by atoms with Crippen molar-refractivity contribution in [2.24, 2.45) is 5.92 Å². The minimum atomic E-state index is 0.171. The summed E-state index contributed by atoms with van der Waals surface area (Å²) in [4.78, 5) is 11.5. The normalized spacial score (nSPS) is 24.1. The topological polar surface area (TPSA) is 41.1 Å². The van der Waals surface area contributed by atoms with Crippen molar-refractivity contribution < 1.29 is 4.79 Å². The van der Waals surface area contributed by atoms with Crippen LogP contribution < -0.4 is 10.6 Å². The Morgan fingerprint density at radius 3 is 2.50 bits per heavy atom. The van der Waals surface area contributed by atoms with E-state index in [4.69, 9.17) is 0 Å². The Kier molecular flexibility index (Phi) is 4.22. The molecule has 3 heteroatoms. The zero-order valence-electron chi connectivity index (χ0n) is 10.3. The second kappa shape index (κ2) is 5.67. The Labute approximate surface area is 98.4 Å². The van der Waals surface area contributed by atoms with Gasteiger partial charge < -0.3 is 10.6 Å². The highest BCUT2D eigenvalue weighted by Gasteiger charge is 2.24. The van der Waals surface area contributed by atoms with E-state index in [0.717, 1.165) is 5.92 Å². The van der Waals surface area contributed by atoms with Crippen LogP contribution in [0.25, 0.3) is 0 Å². The average molecular weight is 224 g/mol. The van der Waals surface area contributed by atoms with Gasteiger partial charge in [-0.25, -0.2) is 0 Å². The van der Waals surface area contributed by atoms with Crippen LogP contribution in [0.15, 0.2) is 0 Å². The molecular weight excluding hydrogens is 200 g/mol. The van der Waals surface area contributed by atoms with Crippen molar-refractivity contribution in [3.8, 4) is 0 Å². The van der Waals surface area contributed by atoms with Gasteiger partial charge in [0.05, 0.1) is 6.54 Å². The molecule has 3 nitrogen and oxygen atoms in total. The van der Waals surface area contributed by atoms with E-state index >= 15 is 0 Å². The number of hydrogen-bond donors (Lipinski definition) is 2. The molecule has 2 fully saturated rings. The third-order valence-electron chi connectivity index (χ3n) is 3.88. The van der Waals surface area contributed by atoms with E-state index in [-0.39, 0.29) is 5.91 Å². The van der Waals surface area contributed by atoms with Crippen molar-refractivity contribution in [2.45, 2.75) is 64.0 Å². The van der Waals surface area contributed by atoms with Gasteiger partial charge in [-0.3, -0.25) is 4.79 Å². The SMILES string of the molecule is C[C@@H](NCC(=O)NC1CC1)C1CCCCC1. The fourth-order valence-corrected chi connectivity index (χ4v) is 2.56. The number of rotatable bonds is 5. The monoisotopic (exact) mass is 224 g/mol. The Hall–Kier alpha value is -0.570. The number of nitrogens with one attached hydrogen (secondary N) is 2. The molecule has 0 aromatic heterocycles. The lowest BCUT2D eigenvalue weighted by molar-refractivity contribution is -0.120. The van der Waals surface area contributed by atoms with E-state index in [9.17, 15) is 4.79 Å². The zero-order chi connectivity index (χ0) is 11.4.